The second kappa shape index (κ2) is 5.90. The molecule has 0 radical (unpaired) electrons. The van der Waals surface area contributed by atoms with Crippen LogP contribution in [0.25, 0.3) is 0 Å². The van der Waals surface area contributed by atoms with Crippen LogP contribution in [-0.4, -0.2) is 6.29 Å². The fourth-order valence-corrected chi connectivity index (χ4v) is 1.70. The number of halogens is 1. The monoisotopic (exact) mass is 232 g/mol. The van der Waals surface area contributed by atoms with Gasteiger partial charge in [-0.1, -0.05) is 23.7 Å². The normalized spacial score (nSPS) is 13.2. The summed E-state index contributed by atoms with van der Waals surface area (Å²) in [6.07, 6.45) is 0.695. The van der Waals surface area contributed by atoms with Gasteiger partial charge < -0.3 is 4.79 Å². The summed E-state index contributed by atoms with van der Waals surface area (Å²) in [6.45, 7) is 0. The van der Waals surface area contributed by atoms with Crippen molar-refractivity contribution in [3.05, 3.63) is 34.9 Å². The fourth-order valence-electron chi connectivity index (χ4n) is 1.50. The molecule has 0 aliphatic heterocycles. The highest BCUT2D eigenvalue weighted by Gasteiger charge is 2.22. The maximum absolute atomic E-state index is 10.7. The average Bonchev–Trinajstić information content (AvgIpc) is 2.29. The van der Waals surface area contributed by atoms with Crippen LogP contribution in [-0.2, 0) is 4.79 Å². The Hall–Kier alpha value is -1.84. The molecule has 0 aromatic heterocycles. The molecule has 0 N–H and O–H groups in total. The summed E-state index contributed by atoms with van der Waals surface area (Å²) in [5, 5.41) is 18.1. The van der Waals surface area contributed by atoms with Crippen LogP contribution in [0.2, 0.25) is 5.02 Å². The first-order valence-corrected chi connectivity index (χ1v) is 5.08. The van der Waals surface area contributed by atoms with Crippen molar-refractivity contribution in [2.24, 2.45) is 5.92 Å². The molecule has 4 heteroatoms. The highest BCUT2D eigenvalue weighted by atomic mass is 35.5. The van der Waals surface area contributed by atoms with Crippen molar-refractivity contribution in [3.8, 4) is 12.1 Å². The van der Waals surface area contributed by atoms with Gasteiger partial charge in [0.25, 0.3) is 0 Å². The molecular formula is C12H9ClN2O. The zero-order valence-electron chi connectivity index (χ0n) is 8.43. The van der Waals surface area contributed by atoms with Crippen LogP contribution in [0.4, 0.5) is 0 Å². The van der Waals surface area contributed by atoms with Crippen molar-refractivity contribution in [2.45, 2.75) is 12.3 Å². The van der Waals surface area contributed by atoms with E-state index in [0.717, 1.165) is 5.56 Å². The number of benzene rings is 1. The Morgan fingerprint density at radius 1 is 1.44 bits per heavy atom. The number of rotatable bonds is 4. The molecule has 0 aliphatic carbocycles. The predicted molar refractivity (Wildman–Crippen MR) is 59.6 cm³/mol. The molecular weight excluding hydrogens is 224 g/mol. The average molecular weight is 233 g/mol. The summed E-state index contributed by atoms with van der Waals surface area (Å²) in [4.78, 5) is 10.7. The van der Waals surface area contributed by atoms with Crippen molar-refractivity contribution >= 4 is 17.9 Å². The van der Waals surface area contributed by atoms with Crippen molar-refractivity contribution in [1.29, 1.82) is 10.5 Å². The third-order valence-electron chi connectivity index (χ3n) is 2.32. The van der Waals surface area contributed by atoms with E-state index in [1.165, 1.54) is 0 Å². The molecule has 2 unspecified atom stereocenters. The summed E-state index contributed by atoms with van der Waals surface area (Å²) in [6, 6.07) is 10.8. The fraction of sp³-hybridized carbons (Fsp3) is 0.250. The van der Waals surface area contributed by atoms with E-state index < -0.39 is 11.8 Å². The maximum atomic E-state index is 10.7. The zero-order valence-corrected chi connectivity index (χ0v) is 9.19. The van der Waals surface area contributed by atoms with E-state index in [1.54, 1.807) is 24.3 Å². The Morgan fingerprint density at radius 3 is 2.69 bits per heavy atom. The van der Waals surface area contributed by atoms with E-state index in [1.807, 2.05) is 12.1 Å². The molecule has 0 saturated heterocycles. The molecule has 0 aliphatic rings. The van der Waals surface area contributed by atoms with Gasteiger partial charge in [0.05, 0.1) is 12.1 Å². The lowest BCUT2D eigenvalue weighted by Crippen LogP contribution is -2.12. The molecule has 0 amide bonds. The van der Waals surface area contributed by atoms with E-state index in [-0.39, 0.29) is 6.42 Å². The van der Waals surface area contributed by atoms with Gasteiger partial charge in [-0.3, -0.25) is 0 Å². The van der Waals surface area contributed by atoms with Gasteiger partial charge in [0.15, 0.2) is 0 Å². The van der Waals surface area contributed by atoms with Gasteiger partial charge in [-0.25, -0.2) is 0 Å². The summed E-state index contributed by atoms with van der Waals surface area (Å²) in [5.41, 5.74) is 0.743. The van der Waals surface area contributed by atoms with Gasteiger partial charge in [0.2, 0.25) is 0 Å². The van der Waals surface area contributed by atoms with Crippen molar-refractivity contribution < 1.29 is 4.79 Å². The highest BCUT2D eigenvalue weighted by molar-refractivity contribution is 6.30. The van der Waals surface area contributed by atoms with Crippen molar-refractivity contribution in [1.82, 2.24) is 0 Å². The third-order valence-corrected chi connectivity index (χ3v) is 2.55. The van der Waals surface area contributed by atoms with E-state index in [2.05, 4.69) is 0 Å². The van der Waals surface area contributed by atoms with Gasteiger partial charge in [0, 0.05) is 17.4 Å². The lowest BCUT2D eigenvalue weighted by atomic mass is 9.85. The second-order valence-corrected chi connectivity index (χ2v) is 3.75. The predicted octanol–water partition coefficient (Wildman–Crippen LogP) is 2.68. The number of nitriles is 2. The second-order valence-electron chi connectivity index (χ2n) is 3.31. The zero-order chi connectivity index (χ0) is 12.0. The minimum atomic E-state index is -0.807. The van der Waals surface area contributed by atoms with E-state index >= 15 is 0 Å². The van der Waals surface area contributed by atoms with E-state index in [9.17, 15) is 4.79 Å². The Morgan fingerprint density at radius 2 is 2.19 bits per heavy atom. The summed E-state index contributed by atoms with van der Waals surface area (Å²) >= 11 is 5.83. The molecule has 0 spiro atoms. The van der Waals surface area contributed by atoms with Crippen molar-refractivity contribution in [3.63, 3.8) is 0 Å². The van der Waals surface area contributed by atoms with Gasteiger partial charge >= 0.3 is 0 Å². The number of aldehydes is 1. The minimum absolute atomic E-state index is 0.122. The van der Waals surface area contributed by atoms with Crippen LogP contribution >= 0.6 is 11.6 Å². The SMILES string of the molecule is N#CCC(c1cccc(Cl)c1)C(C#N)C=O. The molecule has 80 valence electrons. The molecule has 16 heavy (non-hydrogen) atoms. The first-order valence-electron chi connectivity index (χ1n) is 4.70. The van der Waals surface area contributed by atoms with Crippen LogP contribution in [0.1, 0.15) is 17.9 Å². The van der Waals surface area contributed by atoms with Crippen LogP contribution in [0.5, 0.6) is 0 Å². The van der Waals surface area contributed by atoms with Gasteiger partial charge in [-0.15, -0.1) is 0 Å². The lowest BCUT2D eigenvalue weighted by molar-refractivity contribution is -0.110. The summed E-state index contributed by atoms with van der Waals surface area (Å²) in [7, 11) is 0. The molecule has 0 bridgehead atoms. The Balaban J connectivity index is 3.08. The number of carbonyl (C=O) groups is 1. The third kappa shape index (κ3) is 2.82. The van der Waals surface area contributed by atoms with Crippen LogP contribution in [0, 0.1) is 28.6 Å². The van der Waals surface area contributed by atoms with Gasteiger partial charge in [-0.05, 0) is 17.7 Å². The number of nitrogens with zero attached hydrogens (tertiary/aromatic N) is 2. The first kappa shape index (κ1) is 12.2. The number of hydrogen-bond donors (Lipinski definition) is 0. The molecule has 1 aromatic carbocycles. The lowest BCUT2D eigenvalue weighted by Gasteiger charge is -2.15. The van der Waals surface area contributed by atoms with Gasteiger partial charge in [0.1, 0.15) is 12.2 Å². The van der Waals surface area contributed by atoms with Crippen LogP contribution < -0.4 is 0 Å². The van der Waals surface area contributed by atoms with E-state index in [4.69, 9.17) is 22.1 Å². The van der Waals surface area contributed by atoms with Crippen LogP contribution in [0.3, 0.4) is 0 Å². The van der Waals surface area contributed by atoms with Gasteiger partial charge in [-0.2, -0.15) is 10.5 Å². The topological polar surface area (TPSA) is 64.7 Å². The first-order chi connectivity index (χ1) is 7.72. The molecule has 0 saturated carbocycles. The Kier molecular flexibility index (Phi) is 4.51. The quantitative estimate of drug-likeness (QED) is 0.750. The minimum Gasteiger partial charge on any atom is -0.302 e. The maximum Gasteiger partial charge on any atom is 0.137 e. The molecule has 0 heterocycles. The smallest absolute Gasteiger partial charge is 0.137 e. The number of carbonyl (C=O) groups excluding carboxylic acids is 1. The standard InChI is InChI=1S/C12H9ClN2O/c13-11-3-1-2-9(6-11)12(4-5-14)10(7-15)8-16/h1-3,6,8,10,12H,4H2. The number of hydrogen-bond acceptors (Lipinski definition) is 3. The van der Waals surface area contributed by atoms with Crippen molar-refractivity contribution in [2.75, 3.05) is 0 Å². The van der Waals surface area contributed by atoms with E-state index in [0.29, 0.717) is 11.3 Å². The Labute approximate surface area is 98.9 Å². The molecule has 2 atom stereocenters. The molecule has 0 fully saturated rings. The summed E-state index contributed by atoms with van der Waals surface area (Å²) < 4.78 is 0. The van der Waals surface area contributed by atoms with Crippen LogP contribution in [0.15, 0.2) is 24.3 Å². The molecule has 1 aromatic rings. The summed E-state index contributed by atoms with van der Waals surface area (Å²) in [5.74, 6) is -1.22. The largest absolute Gasteiger partial charge is 0.302 e. The molecule has 3 nitrogen and oxygen atoms in total. The molecule has 1 rings (SSSR count). The Bertz CT molecular complexity index is 459. The highest BCUT2D eigenvalue weighted by Crippen LogP contribution is 2.28.